The molecule has 0 fully saturated rings. The quantitative estimate of drug-likeness (QED) is 0.864. The Morgan fingerprint density at radius 3 is 2.88 bits per heavy atom. The molecule has 2 aromatic rings. The van der Waals surface area contributed by atoms with E-state index in [-0.39, 0.29) is 11.7 Å². The van der Waals surface area contributed by atoms with Gasteiger partial charge in [-0.05, 0) is 24.7 Å². The van der Waals surface area contributed by atoms with Gasteiger partial charge in [0.2, 0.25) is 5.91 Å². The number of rotatable bonds is 4. The summed E-state index contributed by atoms with van der Waals surface area (Å²) in [6, 6.07) is 6.49. The minimum Gasteiger partial charge on any atom is -0.340 e. The standard InChI is InChI=1S/C18H23FN4O/c1-4-22-9-8-18-16(11-22)17(12-21(3)13(2)24)20-23(18)15-7-5-6-14(19)10-15/h5-7,10H,4,8-9,11-12H2,1-3H3. The second-order valence-electron chi connectivity index (χ2n) is 6.26. The van der Waals surface area contributed by atoms with Crippen LogP contribution in [0.4, 0.5) is 4.39 Å². The molecule has 24 heavy (non-hydrogen) atoms. The topological polar surface area (TPSA) is 41.4 Å². The van der Waals surface area contributed by atoms with E-state index in [0.29, 0.717) is 6.54 Å². The molecule has 128 valence electrons. The van der Waals surface area contributed by atoms with Crippen LogP contribution >= 0.6 is 0 Å². The number of amides is 1. The maximum atomic E-state index is 13.6. The van der Waals surface area contributed by atoms with Crippen molar-refractivity contribution in [3.63, 3.8) is 0 Å². The normalized spacial score (nSPS) is 14.5. The first-order valence-corrected chi connectivity index (χ1v) is 8.29. The van der Waals surface area contributed by atoms with Crippen LogP contribution in [0, 0.1) is 5.82 Å². The summed E-state index contributed by atoms with van der Waals surface area (Å²) in [6.45, 7) is 6.93. The third-order valence-corrected chi connectivity index (χ3v) is 4.64. The Labute approximate surface area is 141 Å². The molecule has 1 aromatic heterocycles. The van der Waals surface area contributed by atoms with E-state index < -0.39 is 0 Å². The molecule has 1 amide bonds. The molecule has 0 unspecified atom stereocenters. The Bertz CT molecular complexity index is 755. The Kier molecular flexibility index (Phi) is 4.66. The number of hydrogen-bond acceptors (Lipinski definition) is 3. The number of aromatic nitrogens is 2. The van der Waals surface area contributed by atoms with E-state index in [0.717, 1.165) is 43.1 Å². The van der Waals surface area contributed by atoms with Gasteiger partial charge >= 0.3 is 0 Å². The molecule has 0 saturated heterocycles. The average Bonchev–Trinajstić information content (AvgIpc) is 2.92. The number of nitrogens with zero attached hydrogens (tertiary/aromatic N) is 4. The van der Waals surface area contributed by atoms with Gasteiger partial charge in [0.05, 0.1) is 23.6 Å². The van der Waals surface area contributed by atoms with Crippen LogP contribution in [0.25, 0.3) is 5.69 Å². The van der Waals surface area contributed by atoms with Crippen molar-refractivity contribution in [1.29, 1.82) is 0 Å². The van der Waals surface area contributed by atoms with Gasteiger partial charge < -0.3 is 4.90 Å². The number of carbonyl (C=O) groups is 1. The number of carbonyl (C=O) groups excluding carboxylic acids is 1. The van der Waals surface area contributed by atoms with E-state index in [2.05, 4.69) is 11.8 Å². The number of likely N-dealkylation sites (N-methyl/N-ethyl adjacent to an activating group) is 1. The molecule has 0 N–H and O–H groups in total. The lowest BCUT2D eigenvalue weighted by atomic mass is 10.0. The largest absolute Gasteiger partial charge is 0.340 e. The summed E-state index contributed by atoms with van der Waals surface area (Å²) in [5, 5.41) is 4.72. The maximum Gasteiger partial charge on any atom is 0.219 e. The molecule has 1 aromatic carbocycles. The highest BCUT2D eigenvalue weighted by Gasteiger charge is 2.25. The predicted octanol–water partition coefficient (Wildman–Crippen LogP) is 2.37. The van der Waals surface area contributed by atoms with Crippen LogP contribution < -0.4 is 0 Å². The fraction of sp³-hybridized carbons (Fsp3) is 0.444. The summed E-state index contributed by atoms with van der Waals surface area (Å²) in [5.41, 5.74) is 3.91. The summed E-state index contributed by atoms with van der Waals surface area (Å²) in [4.78, 5) is 15.6. The van der Waals surface area contributed by atoms with Crippen molar-refractivity contribution in [2.24, 2.45) is 0 Å². The first-order valence-electron chi connectivity index (χ1n) is 8.29. The van der Waals surface area contributed by atoms with Crippen LogP contribution in [-0.2, 0) is 24.3 Å². The Hall–Kier alpha value is -2.21. The summed E-state index contributed by atoms with van der Waals surface area (Å²) < 4.78 is 15.5. The van der Waals surface area contributed by atoms with Crippen LogP contribution in [0.1, 0.15) is 30.8 Å². The molecular weight excluding hydrogens is 307 g/mol. The molecule has 1 aliphatic heterocycles. The molecule has 3 rings (SSSR count). The van der Waals surface area contributed by atoms with Gasteiger partial charge in [0.25, 0.3) is 0 Å². The van der Waals surface area contributed by atoms with E-state index in [4.69, 9.17) is 5.10 Å². The van der Waals surface area contributed by atoms with Gasteiger partial charge in [-0.3, -0.25) is 9.69 Å². The molecule has 1 aliphatic rings. The molecular formula is C18H23FN4O. The predicted molar refractivity (Wildman–Crippen MR) is 90.3 cm³/mol. The van der Waals surface area contributed by atoms with Crippen molar-refractivity contribution >= 4 is 5.91 Å². The zero-order chi connectivity index (χ0) is 17.3. The van der Waals surface area contributed by atoms with Gasteiger partial charge in [0, 0.05) is 39.0 Å². The lowest BCUT2D eigenvalue weighted by molar-refractivity contribution is -0.128. The Morgan fingerprint density at radius 1 is 1.42 bits per heavy atom. The highest BCUT2D eigenvalue weighted by atomic mass is 19.1. The first-order chi connectivity index (χ1) is 11.5. The molecule has 0 atom stereocenters. The maximum absolute atomic E-state index is 13.6. The third-order valence-electron chi connectivity index (χ3n) is 4.64. The fourth-order valence-electron chi connectivity index (χ4n) is 3.10. The van der Waals surface area contributed by atoms with Crippen molar-refractivity contribution < 1.29 is 9.18 Å². The molecule has 0 radical (unpaired) electrons. The van der Waals surface area contributed by atoms with Crippen molar-refractivity contribution in [2.75, 3.05) is 20.1 Å². The first kappa shape index (κ1) is 16.6. The molecule has 0 bridgehead atoms. The van der Waals surface area contributed by atoms with Gasteiger partial charge in [-0.1, -0.05) is 13.0 Å². The van der Waals surface area contributed by atoms with Crippen LogP contribution in [0.15, 0.2) is 24.3 Å². The van der Waals surface area contributed by atoms with E-state index in [1.807, 2.05) is 10.7 Å². The summed E-state index contributed by atoms with van der Waals surface area (Å²) >= 11 is 0. The average molecular weight is 330 g/mol. The number of hydrogen-bond donors (Lipinski definition) is 0. The summed E-state index contributed by atoms with van der Waals surface area (Å²) in [5.74, 6) is -0.266. The zero-order valence-electron chi connectivity index (χ0n) is 14.4. The highest BCUT2D eigenvalue weighted by molar-refractivity contribution is 5.72. The van der Waals surface area contributed by atoms with Gasteiger partial charge in [-0.25, -0.2) is 9.07 Å². The monoisotopic (exact) mass is 330 g/mol. The van der Waals surface area contributed by atoms with Crippen molar-refractivity contribution in [1.82, 2.24) is 19.6 Å². The van der Waals surface area contributed by atoms with Crippen LogP contribution in [-0.4, -0.2) is 45.6 Å². The smallest absolute Gasteiger partial charge is 0.219 e. The second-order valence-corrected chi connectivity index (χ2v) is 6.26. The van der Waals surface area contributed by atoms with Crippen LogP contribution in [0.2, 0.25) is 0 Å². The lowest BCUT2D eigenvalue weighted by Gasteiger charge is -2.26. The third kappa shape index (κ3) is 3.19. The van der Waals surface area contributed by atoms with Gasteiger partial charge in [0.15, 0.2) is 0 Å². The number of benzene rings is 1. The highest BCUT2D eigenvalue weighted by Crippen LogP contribution is 2.26. The summed E-state index contributed by atoms with van der Waals surface area (Å²) in [7, 11) is 1.77. The molecule has 6 heteroatoms. The van der Waals surface area contributed by atoms with Gasteiger partial charge in [-0.2, -0.15) is 5.10 Å². The van der Waals surface area contributed by atoms with Crippen LogP contribution in [0.3, 0.4) is 0 Å². The second kappa shape index (κ2) is 6.73. The number of fused-ring (bicyclic) bond motifs is 1. The van der Waals surface area contributed by atoms with Crippen LogP contribution in [0.5, 0.6) is 0 Å². The molecule has 0 saturated carbocycles. The molecule has 5 nitrogen and oxygen atoms in total. The van der Waals surface area contributed by atoms with Gasteiger partial charge in [0.1, 0.15) is 5.82 Å². The van der Waals surface area contributed by atoms with E-state index in [1.165, 1.54) is 17.7 Å². The molecule has 2 heterocycles. The minimum atomic E-state index is -0.273. The van der Waals surface area contributed by atoms with Crippen molar-refractivity contribution in [2.45, 2.75) is 33.4 Å². The zero-order valence-corrected chi connectivity index (χ0v) is 14.4. The SMILES string of the molecule is CCN1CCc2c(c(CN(C)C(C)=O)nn2-c2cccc(F)c2)C1. The van der Waals surface area contributed by atoms with E-state index in [1.54, 1.807) is 24.9 Å². The minimum absolute atomic E-state index is 0.00668. The van der Waals surface area contributed by atoms with Crippen molar-refractivity contribution in [3.8, 4) is 5.69 Å². The van der Waals surface area contributed by atoms with Gasteiger partial charge in [-0.15, -0.1) is 0 Å². The van der Waals surface area contributed by atoms with Crippen molar-refractivity contribution in [3.05, 3.63) is 47.0 Å². The number of halogens is 1. The Morgan fingerprint density at radius 2 is 2.21 bits per heavy atom. The molecule has 0 spiro atoms. The van der Waals surface area contributed by atoms with E-state index in [9.17, 15) is 9.18 Å². The lowest BCUT2D eigenvalue weighted by Crippen LogP contribution is -2.31. The Balaban J connectivity index is 2.04. The summed E-state index contributed by atoms with van der Waals surface area (Å²) in [6.07, 6.45) is 0.872. The fourth-order valence-corrected chi connectivity index (χ4v) is 3.10. The van der Waals surface area contributed by atoms with E-state index >= 15 is 0 Å². The molecule has 0 aliphatic carbocycles.